The summed E-state index contributed by atoms with van der Waals surface area (Å²) in [7, 11) is -5.50. The number of alkyl halides is 3. The van der Waals surface area contributed by atoms with Gasteiger partial charge in [0.15, 0.2) is 0 Å². The van der Waals surface area contributed by atoms with Crippen LogP contribution in [0.2, 0.25) is 4.82 Å². The number of halogens is 3. The molecule has 194 valence electrons. The third kappa shape index (κ3) is 6.07. The second-order valence-corrected chi connectivity index (χ2v) is 15.3. The van der Waals surface area contributed by atoms with E-state index in [1.165, 1.54) is 0 Å². The second kappa shape index (κ2) is 9.73. The normalized spacial score (nSPS) is 19.0. The molecule has 0 amide bonds. The second-order valence-electron chi connectivity index (χ2n) is 10.9. The van der Waals surface area contributed by atoms with E-state index in [1.54, 1.807) is 12.1 Å². The molecule has 2 aromatic rings. The van der Waals surface area contributed by atoms with Gasteiger partial charge in [-0.1, -0.05) is 0 Å². The Hall–Kier alpha value is -1.54. The minimum absolute atomic E-state index is 0.147. The Kier molecular flexibility index (Phi) is 7.79. The Bertz CT molecular complexity index is 1180. The Labute approximate surface area is 213 Å². The average Bonchev–Trinajstić information content (AvgIpc) is 3.03. The van der Waals surface area contributed by atoms with Crippen molar-refractivity contribution in [1.82, 2.24) is 4.72 Å². The zero-order valence-electron chi connectivity index (χ0n) is 21.2. The van der Waals surface area contributed by atoms with Crippen molar-refractivity contribution in [1.29, 1.82) is 0 Å². The maximum absolute atomic E-state index is 13.3. The molecule has 1 N–H and O–H groups in total. The molecule has 0 aromatic heterocycles. The van der Waals surface area contributed by atoms with Crippen LogP contribution in [0.25, 0.3) is 0 Å². The summed E-state index contributed by atoms with van der Waals surface area (Å²) in [6, 6.07) is 10.4. The first-order chi connectivity index (χ1) is 16.0. The van der Waals surface area contributed by atoms with Crippen LogP contribution >= 0.6 is 0 Å². The summed E-state index contributed by atoms with van der Waals surface area (Å²) >= 11 is -0.371. The third-order valence-corrected chi connectivity index (χ3v) is 9.96. The Morgan fingerprint density at radius 1 is 1.03 bits per heavy atom. The molecule has 1 aliphatic carbocycles. The van der Waals surface area contributed by atoms with Gasteiger partial charge in [-0.05, 0) is 0 Å². The Morgan fingerprint density at radius 3 is 2.20 bits per heavy atom. The molecule has 2 atom stereocenters. The minimum atomic E-state index is -5.50. The van der Waals surface area contributed by atoms with Gasteiger partial charge in [0.2, 0.25) is 0 Å². The van der Waals surface area contributed by atoms with E-state index in [0.717, 1.165) is 26.9 Å². The predicted molar refractivity (Wildman–Crippen MR) is 135 cm³/mol. The van der Waals surface area contributed by atoms with Gasteiger partial charge in [0, 0.05) is 0 Å². The summed E-state index contributed by atoms with van der Waals surface area (Å²) in [6.45, 7) is 15.1. The molecule has 0 bridgehead atoms. The van der Waals surface area contributed by atoms with E-state index in [4.69, 9.17) is 4.74 Å². The van der Waals surface area contributed by atoms with E-state index < -0.39 is 21.6 Å². The number of hydrogen-bond donors (Lipinski definition) is 1. The number of sulfonamides is 1. The van der Waals surface area contributed by atoms with Crippen LogP contribution in [0.5, 0.6) is 5.75 Å². The van der Waals surface area contributed by atoms with Crippen molar-refractivity contribution in [3.8, 4) is 5.75 Å². The Balaban J connectivity index is 2.13. The van der Waals surface area contributed by atoms with Crippen molar-refractivity contribution in [3.63, 3.8) is 0 Å². The molecule has 0 fully saturated rings. The molecule has 9 heteroatoms. The van der Waals surface area contributed by atoms with Crippen LogP contribution in [-0.2, 0) is 27.3 Å². The van der Waals surface area contributed by atoms with Crippen LogP contribution in [0.15, 0.2) is 36.4 Å². The fraction of sp³-hybridized carbons (Fsp3) is 0.538. The number of nitrogens with one attached hydrogen (secondary N) is 1. The van der Waals surface area contributed by atoms with Crippen LogP contribution in [0.4, 0.5) is 13.2 Å². The van der Waals surface area contributed by atoms with E-state index in [9.17, 15) is 21.6 Å². The molecule has 0 saturated carbocycles. The summed E-state index contributed by atoms with van der Waals surface area (Å²) in [5.74, 6) is 0.765. The van der Waals surface area contributed by atoms with Gasteiger partial charge in [-0.25, -0.2) is 0 Å². The number of fused-ring (bicyclic) bond motifs is 1. The molecule has 2 aromatic carbocycles. The van der Waals surface area contributed by atoms with Gasteiger partial charge in [0.1, 0.15) is 0 Å². The summed E-state index contributed by atoms with van der Waals surface area (Å²) in [5.41, 5.74) is -2.09. The molecule has 0 radical (unpaired) electrons. The predicted octanol–water partition coefficient (Wildman–Crippen LogP) is 5.53. The summed E-state index contributed by atoms with van der Waals surface area (Å²) < 4.78 is 73.1. The number of hydrogen-bond acceptors (Lipinski definition) is 3. The van der Waals surface area contributed by atoms with E-state index in [2.05, 4.69) is 53.7 Å². The zero-order chi connectivity index (χ0) is 26.4. The van der Waals surface area contributed by atoms with Crippen LogP contribution in [0.3, 0.4) is 0 Å². The molecule has 3 rings (SSSR count). The SMILES string of the molecule is CCOc1c([Se][C@H]2Cc3ccccc3[C@@H]2NS(=O)(=O)C(F)(F)F)cc(C(C)(C)C)cc1C(C)(C)C. The summed E-state index contributed by atoms with van der Waals surface area (Å²) in [5, 5.41) is 0. The van der Waals surface area contributed by atoms with Crippen molar-refractivity contribution in [2.45, 2.75) is 82.1 Å². The van der Waals surface area contributed by atoms with E-state index in [-0.39, 0.29) is 30.6 Å². The zero-order valence-corrected chi connectivity index (χ0v) is 23.7. The van der Waals surface area contributed by atoms with E-state index in [0.29, 0.717) is 18.6 Å². The molecule has 0 aliphatic heterocycles. The molecule has 0 heterocycles. The van der Waals surface area contributed by atoms with Crippen molar-refractivity contribution in [3.05, 3.63) is 58.7 Å². The fourth-order valence-corrected chi connectivity index (χ4v) is 8.09. The maximum atomic E-state index is 13.3. The first-order valence-electron chi connectivity index (χ1n) is 11.6. The first kappa shape index (κ1) is 28.0. The van der Waals surface area contributed by atoms with E-state index >= 15 is 0 Å². The standard InChI is InChI=1S/C26H34F3NO3SSe/c1-8-33-23-19(25(5,6)7)14-17(24(2,3)4)15-21(23)35-20-13-16-11-9-10-12-18(16)22(20)30-34(31,32)26(27,28)29/h9-12,14-15,20,22,30H,8,13H2,1-7H3/t20-,22-/m0/s1. The number of ether oxygens (including phenoxy) is 1. The van der Waals surface area contributed by atoms with Crippen LogP contribution < -0.4 is 13.9 Å². The van der Waals surface area contributed by atoms with Gasteiger partial charge in [-0.3, -0.25) is 0 Å². The quantitative estimate of drug-likeness (QED) is 0.460. The molecule has 1 aliphatic rings. The molecule has 4 nitrogen and oxygen atoms in total. The van der Waals surface area contributed by atoms with Gasteiger partial charge >= 0.3 is 214 Å². The summed E-state index contributed by atoms with van der Waals surface area (Å²) in [4.78, 5) is -0.334. The average molecular weight is 577 g/mol. The van der Waals surface area contributed by atoms with Crippen molar-refractivity contribution in [2.75, 3.05) is 6.61 Å². The summed E-state index contributed by atoms with van der Waals surface area (Å²) in [6.07, 6.45) is 0.497. The van der Waals surface area contributed by atoms with Crippen LogP contribution in [-0.4, -0.2) is 35.5 Å². The topological polar surface area (TPSA) is 55.4 Å². The van der Waals surface area contributed by atoms with E-state index in [1.807, 2.05) is 23.8 Å². The van der Waals surface area contributed by atoms with Crippen LogP contribution in [0.1, 0.15) is 76.8 Å². The van der Waals surface area contributed by atoms with Crippen LogP contribution in [0, 0.1) is 0 Å². The van der Waals surface area contributed by atoms with Gasteiger partial charge < -0.3 is 0 Å². The number of rotatable bonds is 6. The van der Waals surface area contributed by atoms with Gasteiger partial charge in [0.05, 0.1) is 0 Å². The molecule has 0 spiro atoms. The Morgan fingerprint density at radius 2 is 1.66 bits per heavy atom. The van der Waals surface area contributed by atoms with Gasteiger partial charge in [-0.2, -0.15) is 0 Å². The molecule has 35 heavy (non-hydrogen) atoms. The monoisotopic (exact) mass is 577 g/mol. The molecular formula is C26H34F3NO3SSe. The molecule has 0 saturated heterocycles. The molecule has 0 unspecified atom stereocenters. The first-order valence-corrected chi connectivity index (χ1v) is 14.9. The van der Waals surface area contributed by atoms with Gasteiger partial charge in [0.25, 0.3) is 0 Å². The third-order valence-electron chi connectivity index (χ3n) is 6.07. The fourth-order valence-electron chi connectivity index (χ4n) is 4.18. The molecular weight excluding hydrogens is 542 g/mol. The van der Waals surface area contributed by atoms with Crippen molar-refractivity contribution in [2.24, 2.45) is 0 Å². The van der Waals surface area contributed by atoms with Gasteiger partial charge in [-0.15, -0.1) is 0 Å². The van der Waals surface area contributed by atoms with Crippen molar-refractivity contribution >= 4 is 29.4 Å². The van der Waals surface area contributed by atoms with Crippen molar-refractivity contribution < 1.29 is 26.3 Å². The number of benzene rings is 2.